The van der Waals surface area contributed by atoms with Crippen molar-refractivity contribution in [1.29, 1.82) is 0 Å². The smallest absolute Gasteiger partial charge is 0.262 e. The Hall–Kier alpha value is -4.77. The summed E-state index contributed by atoms with van der Waals surface area (Å²) >= 11 is 13.6. The van der Waals surface area contributed by atoms with E-state index in [2.05, 4.69) is 5.32 Å². The van der Waals surface area contributed by atoms with Crippen LogP contribution in [0.3, 0.4) is 0 Å². The highest BCUT2D eigenvalue weighted by Gasteiger charge is 2.63. The van der Waals surface area contributed by atoms with Crippen molar-refractivity contribution in [3.63, 3.8) is 0 Å². The molecule has 47 heavy (non-hydrogen) atoms. The minimum absolute atomic E-state index is 0.106. The summed E-state index contributed by atoms with van der Waals surface area (Å²) in [4.78, 5) is 23.2. The third kappa shape index (κ3) is 3.42. The summed E-state index contributed by atoms with van der Waals surface area (Å²) in [7, 11) is 0. The molecule has 0 saturated carbocycles. The fourth-order valence-corrected chi connectivity index (χ4v) is 8.15. The lowest BCUT2D eigenvalue weighted by Crippen LogP contribution is -2.45. The van der Waals surface area contributed by atoms with Crippen molar-refractivity contribution < 1.29 is 23.1 Å². The second-order valence-corrected chi connectivity index (χ2v) is 13.6. The van der Waals surface area contributed by atoms with E-state index in [-0.39, 0.29) is 28.8 Å². The molecule has 0 aliphatic carbocycles. The molecule has 234 valence electrons. The number of carbonyl (C=O) groups is 1. The summed E-state index contributed by atoms with van der Waals surface area (Å²) in [5.74, 6) is 2.01. The first-order chi connectivity index (χ1) is 22.7. The number of benzene rings is 3. The standard InChI is InChI=1S/C35H25Cl2N5O5/c1-14(2)25-32-40-26-29(47-32)35-19-7-3-6-17(16-5-4-8-22-24(16)18(13-42(22)37)28-30(36)41-33(26)45-28)27(19)46-34(35)44-23-10-9-15(11-20(23)35)12-21(38)31(43)39-25/h3-11,13-14,21,25,34H,12,38H2,1-2H3,(H,39,43)/t21-,25-,34-,35-/m0/s1. The van der Waals surface area contributed by atoms with Gasteiger partial charge in [-0.15, -0.1) is 0 Å². The Bertz CT molecular complexity index is 2360. The van der Waals surface area contributed by atoms with Gasteiger partial charge in [-0.25, -0.2) is 4.98 Å². The Morgan fingerprint density at radius 2 is 1.85 bits per heavy atom. The number of carbonyl (C=O) groups excluding carboxylic acids is 1. The molecule has 1 amide bonds. The SMILES string of the molecule is CC(C)[C@@H]1NC(=O)[C@@H](N)Cc2ccc3c(c2)[C@]24c5cccc(c5O[C@@H]2O3)-c2cccc3c2c(cn3Cl)-c2oc(nc2Cl)-c2nc1oc24. The average molecular weight is 667 g/mol. The molecule has 3 N–H and O–H groups in total. The van der Waals surface area contributed by atoms with E-state index in [1.807, 2.05) is 68.4 Å². The number of hydrogen-bond donors (Lipinski definition) is 2. The number of para-hydroxylation sites is 1. The minimum Gasteiger partial charge on any atom is -0.453 e. The highest BCUT2D eigenvalue weighted by Crippen LogP contribution is 2.62. The van der Waals surface area contributed by atoms with Gasteiger partial charge in [0.1, 0.15) is 17.5 Å². The lowest BCUT2D eigenvalue weighted by molar-refractivity contribution is -0.123. The highest BCUT2D eigenvalue weighted by molar-refractivity contribution is 6.32. The van der Waals surface area contributed by atoms with Gasteiger partial charge in [0, 0.05) is 45.6 Å². The summed E-state index contributed by atoms with van der Waals surface area (Å²) in [6.45, 7) is 3.96. The first kappa shape index (κ1) is 27.4. The monoisotopic (exact) mass is 665 g/mol. The molecule has 3 aromatic carbocycles. The Kier molecular flexibility index (Phi) is 5.35. The zero-order chi connectivity index (χ0) is 31.9. The number of fused-ring (bicyclic) bond motifs is 7. The van der Waals surface area contributed by atoms with Gasteiger partial charge in [-0.1, -0.05) is 67.9 Å². The normalized spacial score (nSPS) is 23.1. The molecular formula is C35H25Cl2N5O5. The Labute approximate surface area is 277 Å². The van der Waals surface area contributed by atoms with E-state index < -0.39 is 23.8 Å². The van der Waals surface area contributed by atoms with Crippen LogP contribution in [0.15, 0.2) is 69.6 Å². The molecule has 0 radical (unpaired) electrons. The molecule has 1 spiro atoms. The topological polar surface area (TPSA) is 131 Å². The quantitative estimate of drug-likeness (QED) is 0.198. The van der Waals surface area contributed by atoms with Crippen molar-refractivity contribution in [3.8, 4) is 45.5 Å². The number of halogens is 2. The van der Waals surface area contributed by atoms with Gasteiger partial charge < -0.3 is 29.4 Å². The average Bonchev–Trinajstić information content (AvgIpc) is 3.85. The van der Waals surface area contributed by atoms with E-state index in [0.717, 1.165) is 38.7 Å². The zero-order valence-corrected chi connectivity index (χ0v) is 26.5. The molecule has 4 aliphatic rings. The third-order valence-corrected chi connectivity index (χ3v) is 10.4. The predicted molar refractivity (Wildman–Crippen MR) is 173 cm³/mol. The molecular weight excluding hydrogens is 641 g/mol. The number of amides is 1. The van der Waals surface area contributed by atoms with E-state index >= 15 is 0 Å². The van der Waals surface area contributed by atoms with Gasteiger partial charge in [-0.05, 0) is 35.6 Å². The van der Waals surface area contributed by atoms with Crippen molar-refractivity contribution in [3.05, 3.63) is 94.3 Å². The van der Waals surface area contributed by atoms with Crippen LogP contribution in [-0.4, -0.2) is 32.3 Å². The summed E-state index contributed by atoms with van der Waals surface area (Å²) in [6.07, 6.45) is 1.21. The number of nitrogens with one attached hydrogen (secondary N) is 1. The van der Waals surface area contributed by atoms with E-state index in [0.29, 0.717) is 40.7 Å². The number of hydrogen-bond acceptors (Lipinski definition) is 8. The van der Waals surface area contributed by atoms with Crippen LogP contribution in [-0.2, 0) is 16.6 Å². The molecule has 10 nitrogen and oxygen atoms in total. The van der Waals surface area contributed by atoms with Crippen LogP contribution >= 0.6 is 23.4 Å². The van der Waals surface area contributed by atoms with Gasteiger partial charge in [0.05, 0.1) is 11.6 Å². The Morgan fingerprint density at radius 1 is 1.02 bits per heavy atom. The summed E-state index contributed by atoms with van der Waals surface area (Å²) in [6, 6.07) is 16.4. The Balaban J connectivity index is 1.40. The van der Waals surface area contributed by atoms with Gasteiger partial charge in [-0.3, -0.25) is 8.88 Å². The summed E-state index contributed by atoms with van der Waals surface area (Å²) < 4.78 is 28.5. The molecule has 7 heterocycles. The van der Waals surface area contributed by atoms with Crippen molar-refractivity contribution in [2.45, 2.75) is 44.1 Å². The van der Waals surface area contributed by atoms with Crippen molar-refractivity contribution in [1.82, 2.24) is 19.4 Å². The first-order valence-corrected chi connectivity index (χ1v) is 16.1. The second-order valence-electron chi connectivity index (χ2n) is 12.9. The van der Waals surface area contributed by atoms with Crippen LogP contribution in [0.1, 0.15) is 48.2 Å². The molecule has 4 aliphatic heterocycles. The second kappa shape index (κ2) is 9.19. The number of aromatic nitrogens is 3. The van der Waals surface area contributed by atoms with E-state index in [4.69, 9.17) is 57.4 Å². The third-order valence-electron chi connectivity index (χ3n) is 9.85. The lowest BCUT2D eigenvalue weighted by atomic mass is 9.72. The maximum atomic E-state index is 13.4. The number of nitrogens with two attached hydrogens (primary N) is 1. The summed E-state index contributed by atoms with van der Waals surface area (Å²) in [5, 5.41) is 4.05. The van der Waals surface area contributed by atoms with Crippen LogP contribution in [0.25, 0.3) is 44.9 Å². The molecule has 4 atom stereocenters. The van der Waals surface area contributed by atoms with E-state index in [1.54, 1.807) is 6.20 Å². The van der Waals surface area contributed by atoms with Gasteiger partial charge in [0.15, 0.2) is 27.8 Å². The fraction of sp³-hybridized carbons (Fsp3) is 0.229. The number of ether oxygens (including phenoxy) is 2. The first-order valence-electron chi connectivity index (χ1n) is 15.4. The lowest BCUT2D eigenvalue weighted by Gasteiger charge is -2.27. The van der Waals surface area contributed by atoms with Gasteiger partial charge in [0.25, 0.3) is 12.2 Å². The van der Waals surface area contributed by atoms with E-state index in [1.165, 1.54) is 4.09 Å². The van der Waals surface area contributed by atoms with Gasteiger partial charge in [0.2, 0.25) is 11.8 Å². The Morgan fingerprint density at radius 3 is 2.70 bits per heavy atom. The predicted octanol–water partition coefficient (Wildman–Crippen LogP) is 6.73. The van der Waals surface area contributed by atoms with Crippen LogP contribution in [0.4, 0.5) is 0 Å². The largest absolute Gasteiger partial charge is 0.453 e. The van der Waals surface area contributed by atoms with Gasteiger partial charge in [-0.2, -0.15) is 4.98 Å². The van der Waals surface area contributed by atoms with Crippen LogP contribution < -0.4 is 20.5 Å². The fourth-order valence-electron chi connectivity index (χ4n) is 7.69. The minimum atomic E-state index is -1.14. The van der Waals surface area contributed by atoms with Crippen molar-refractivity contribution in [2.75, 3.05) is 0 Å². The molecule has 12 heteroatoms. The van der Waals surface area contributed by atoms with Crippen molar-refractivity contribution in [2.24, 2.45) is 11.7 Å². The number of rotatable bonds is 1. The molecule has 0 saturated heterocycles. The molecule has 3 aromatic heterocycles. The highest BCUT2D eigenvalue weighted by atomic mass is 35.5. The van der Waals surface area contributed by atoms with Crippen LogP contribution in [0.2, 0.25) is 5.15 Å². The summed E-state index contributed by atoms with van der Waals surface area (Å²) in [5.41, 5.74) is 11.3. The number of oxazole rings is 2. The van der Waals surface area contributed by atoms with Gasteiger partial charge >= 0.3 is 0 Å². The molecule has 0 fully saturated rings. The molecule has 10 bridgehead atoms. The van der Waals surface area contributed by atoms with Crippen molar-refractivity contribution >= 4 is 40.2 Å². The number of nitrogens with zero attached hydrogens (tertiary/aromatic N) is 3. The molecule has 0 unspecified atom stereocenters. The zero-order valence-electron chi connectivity index (χ0n) is 25.0. The van der Waals surface area contributed by atoms with Crippen LogP contribution in [0.5, 0.6) is 11.5 Å². The maximum absolute atomic E-state index is 13.4. The molecule has 10 rings (SSSR count). The maximum Gasteiger partial charge on any atom is 0.262 e. The van der Waals surface area contributed by atoms with E-state index in [9.17, 15) is 4.79 Å². The van der Waals surface area contributed by atoms with Crippen LogP contribution in [0, 0.1) is 5.92 Å². The molecule has 6 aromatic rings.